The topological polar surface area (TPSA) is 51.1 Å². The number of halogens is 1. The highest BCUT2D eigenvalue weighted by molar-refractivity contribution is 6.00. The summed E-state index contributed by atoms with van der Waals surface area (Å²) in [6.45, 7) is 7.41. The van der Waals surface area contributed by atoms with Gasteiger partial charge in [0.05, 0.1) is 12.3 Å². The van der Waals surface area contributed by atoms with Crippen molar-refractivity contribution in [3.8, 4) is 5.75 Å². The fourth-order valence-electron chi connectivity index (χ4n) is 1.60. The van der Waals surface area contributed by atoms with Crippen molar-refractivity contribution in [2.24, 2.45) is 11.1 Å². The third-order valence-corrected chi connectivity index (χ3v) is 2.81. The molecular weight excluding hydrogens is 261 g/mol. The highest BCUT2D eigenvalue weighted by Gasteiger charge is 2.09. The van der Waals surface area contributed by atoms with Gasteiger partial charge in [-0.25, -0.2) is 4.39 Å². The van der Waals surface area contributed by atoms with Crippen LogP contribution in [0.25, 0.3) is 0 Å². The number of oxime groups is 1. The Morgan fingerprint density at radius 1 is 1.30 bits per heavy atom. The van der Waals surface area contributed by atoms with E-state index in [-0.39, 0.29) is 0 Å². The smallest absolute Gasteiger partial charge is 0.128 e. The molecule has 0 saturated heterocycles. The molecule has 0 aliphatic carbocycles. The number of hydrogen-bond acceptors (Lipinski definition) is 4. The summed E-state index contributed by atoms with van der Waals surface area (Å²) in [5, 5.41) is 11.9. The van der Waals surface area contributed by atoms with Gasteiger partial charge < -0.3 is 14.7 Å². The molecule has 0 fully saturated rings. The molecule has 0 aliphatic heterocycles. The van der Waals surface area contributed by atoms with Crippen LogP contribution < -0.4 is 4.74 Å². The van der Waals surface area contributed by atoms with Gasteiger partial charge in [-0.1, -0.05) is 19.0 Å². The van der Waals surface area contributed by atoms with E-state index >= 15 is 0 Å². The van der Waals surface area contributed by atoms with E-state index in [9.17, 15) is 4.39 Å². The first kappa shape index (κ1) is 16.4. The lowest BCUT2D eigenvalue weighted by atomic mass is 10.1. The quantitative estimate of drug-likeness (QED) is 0.344. The van der Waals surface area contributed by atoms with Crippen molar-refractivity contribution in [3.05, 3.63) is 29.6 Å². The lowest BCUT2D eigenvalue weighted by Crippen LogP contribution is -2.10. The van der Waals surface area contributed by atoms with Crippen LogP contribution in [0.3, 0.4) is 0 Å². The number of ether oxygens (including phenoxy) is 2. The van der Waals surface area contributed by atoms with Crippen molar-refractivity contribution in [1.82, 2.24) is 0 Å². The van der Waals surface area contributed by atoms with Gasteiger partial charge in [0, 0.05) is 12.2 Å². The summed E-state index contributed by atoms with van der Waals surface area (Å²) >= 11 is 0. The maximum Gasteiger partial charge on any atom is 0.128 e. The average Bonchev–Trinajstić information content (AvgIpc) is 2.42. The van der Waals surface area contributed by atoms with Crippen LogP contribution in [-0.2, 0) is 4.74 Å². The number of nitrogens with zero attached hydrogens (tertiary/aromatic N) is 1. The Hall–Kier alpha value is -1.62. The maximum absolute atomic E-state index is 13.2. The normalized spacial score (nSPS) is 11.9. The van der Waals surface area contributed by atoms with Crippen LogP contribution >= 0.6 is 0 Å². The van der Waals surface area contributed by atoms with E-state index in [1.807, 2.05) is 0 Å². The summed E-state index contributed by atoms with van der Waals surface area (Å²) in [6, 6.07) is 4.11. The molecule has 1 N–H and O–H groups in total. The van der Waals surface area contributed by atoms with Crippen LogP contribution in [-0.4, -0.2) is 30.7 Å². The first-order valence-corrected chi connectivity index (χ1v) is 6.73. The summed E-state index contributed by atoms with van der Waals surface area (Å²) in [4.78, 5) is 0. The predicted octanol–water partition coefficient (Wildman–Crippen LogP) is 3.47. The molecule has 0 aromatic heterocycles. The Morgan fingerprint density at radius 2 is 2.05 bits per heavy atom. The molecule has 0 unspecified atom stereocenters. The van der Waals surface area contributed by atoms with Gasteiger partial charge in [-0.15, -0.1) is 0 Å². The van der Waals surface area contributed by atoms with Crippen LogP contribution in [0, 0.1) is 11.7 Å². The molecule has 0 bridgehead atoms. The predicted molar refractivity (Wildman–Crippen MR) is 76.2 cm³/mol. The summed E-state index contributed by atoms with van der Waals surface area (Å²) < 4.78 is 24.2. The van der Waals surface area contributed by atoms with Gasteiger partial charge in [0.1, 0.15) is 18.2 Å². The molecule has 0 amide bonds. The number of rotatable bonds is 8. The molecule has 0 radical (unpaired) electrons. The molecule has 0 spiro atoms. The molecule has 0 saturated carbocycles. The Labute approximate surface area is 119 Å². The van der Waals surface area contributed by atoms with Crippen LogP contribution in [0.4, 0.5) is 4.39 Å². The molecular formula is C15H22FNO3. The second-order valence-electron chi connectivity index (χ2n) is 4.97. The van der Waals surface area contributed by atoms with E-state index in [2.05, 4.69) is 19.0 Å². The summed E-state index contributed by atoms with van der Waals surface area (Å²) in [6.07, 6.45) is 1.01. The molecule has 1 aromatic rings. The molecule has 0 aliphatic rings. The van der Waals surface area contributed by atoms with Crippen LogP contribution in [0.15, 0.2) is 23.4 Å². The van der Waals surface area contributed by atoms with Crippen molar-refractivity contribution in [2.45, 2.75) is 27.2 Å². The third kappa shape index (κ3) is 5.57. The summed E-state index contributed by atoms with van der Waals surface area (Å²) in [5.74, 6) is 0.695. The monoisotopic (exact) mass is 283 g/mol. The van der Waals surface area contributed by atoms with Crippen LogP contribution in [0.5, 0.6) is 5.75 Å². The first-order valence-electron chi connectivity index (χ1n) is 6.73. The second-order valence-corrected chi connectivity index (χ2v) is 4.97. The van der Waals surface area contributed by atoms with E-state index in [0.717, 1.165) is 6.42 Å². The zero-order chi connectivity index (χ0) is 15.0. The average molecular weight is 283 g/mol. The zero-order valence-corrected chi connectivity index (χ0v) is 12.2. The highest BCUT2D eigenvalue weighted by atomic mass is 19.1. The number of hydrogen-bond donors (Lipinski definition) is 1. The molecule has 20 heavy (non-hydrogen) atoms. The molecule has 1 aromatic carbocycles. The SMILES string of the molecule is C/C(=N\O)c1cc(F)ccc1OCCOCCC(C)C. The van der Waals surface area contributed by atoms with Crippen LogP contribution in [0.2, 0.25) is 0 Å². The lowest BCUT2D eigenvalue weighted by molar-refractivity contribution is 0.0925. The Bertz CT molecular complexity index is 447. The molecule has 0 atom stereocenters. The maximum atomic E-state index is 13.2. The van der Waals surface area contributed by atoms with Gasteiger partial charge in [0.15, 0.2) is 0 Å². The Morgan fingerprint density at radius 3 is 2.70 bits per heavy atom. The summed E-state index contributed by atoms with van der Waals surface area (Å²) in [7, 11) is 0. The van der Waals surface area contributed by atoms with Crippen molar-refractivity contribution < 1.29 is 19.1 Å². The van der Waals surface area contributed by atoms with Crippen molar-refractivity contribution in [3.63, 3.8) is 0 Å². The van der Waals surface area contributed by atoms with Gasteiger partial charge in [0.25, 0.3) is 0 Å². The Kier molecular flexibility index (Phi) is 7.01. The molecule has 0 heterocycles. The molecule has 4 nitrogen and oxygen atoms in total. The highest BCUT2D eigenvalue weighted by Crippen LogP contribution is 2.20. The standard InChI is InChI=1S/C15H22FNO3/c1-11(2)6-7-19-8-9-20-15-5-4-13(16)10-14(15)12(3)17-18/h4-5,10-11,18H,6-9H2,1-3H3/b17-12+. The van der Waals surface area contributed by atoms with Crippen molar-refractivity contribution in [2.75, 3.05) is 19.8 Å². The van der Waals surface area contributed by atoms with E-state index in [1.165, 1.54) is 18.2 Å². The van der Waals surface area contributed by atoms with Crippen LogP contribution in [0.1, 0.15) is 32.8 Å². The van der Waals surface area contributed by atoms with E-state index in [0.29, 0.717) is 42.8 Å². The first-order chi connectivity index (χ1) is 9.54. The van der Waals surface area contributed by atoms with Crippen molar-refractivity contribution in [1.29, 1.82) is 0 Å². The Balaban J connectivity index is 2.47. The fourth-order valence-corrected chi connectivity index (χ4v) is 1.60. The lowest BCUT2D eigenvalue weighted by Gasteiger charge is -2.11. The summed E-state index contributed by atoms with van der Waals surface area (Å²) in [5.41, 5.74) is 0.745. The molecule has 112 valence electrons. The van der Waals surface area contributed by atoms with E-state index < -0.39 is 5.82 Å². The second kappa shape index (κ2) is 8.53. The largest absolute Gasteiger partial charge is 0.490 e. The van der Waals surface area contributed by atoms with Crippen molar-refractivity contribution >= 4 is 5.71 Å². The molecule has 1 rings (SSSR count). The van der Waals surface area contributed by atoms with Gasteiger partial charge >= 0.3 is 0 Å². The van der Waals surface area contributed by atoms with Gasteiger partial charge in [-0.3, -0.25) is 0 Å². The minimum absolute atomic E-state index is 0.306. The van der Waals surface area contributed by atoms with Gasteiger partial charge in [-0.05, 0) is 37.5 Å². The van der Waals surface area contributed by atoms with E-state index in [1.54, 1.807) is 6.92 Å². The third-order valence-electron chi connectivity index (χ3n) is 2.81. The van der Waals surface area contributed by atoms with Gasteiger partial charge in [-0.2, -0.15) is 0 Å². The minimum Gasteiger partial charge on any atom is -0.490 e. The molecule has 5 heteroatoms. The van der Waals surface area contributed by atoms with E-state index in [4.69, 9.17) is 14.7 Å². The minimum atomic E-state index is -0.400. The fraction of sp³-hybridized carbons (Fsp3) is 0.533. The zero-order valence-electron chi connectivity index (χ0n) is 12.2. The number of benzene rings is 1. The van der Waals surface area contributed by atoms with Gasteiger partial charge in [0.2, 0.25) is 0 Å².